The van der Waals surface area contributed by atoms with Gasteiger partial charge < -0.3 is 15.2 Å². The smallest absolute Gasteiger partial charge is 0.336 e. The van der Waals surface area contributed by atoms with Crippen LogP contribution in [0.5, 0.6) is 5.75 Å². The Morgan fingerprint density at radius 3 is 2.38 bits per heavy atom. The van der Waals surface area contributed by atoms with Crippen LogP contribution in [0.2, 0.25) is 5.02 Å². The van der Waals surface area contributed by atoms with Gasteiger partial charge in [-0.25, -0.2) is 9.18 Å². The van der Waals surface area contributed by atoms with Gasteiger partial charge in [0.05, 0.1) is 27.9 Å². The lowest BCUT2D eigenvalue weighted by Gasteiger charge is -2.15. The molecule has 0 unspecified atom stereocenters. The molecular formula is C25H21ClFNO4. The van der Waals surface area contributed by atoms with Crippen molar-refractivity contribution < 1.29 is 23.8 Å². The van der Waals surface area contributed by atoms with Crippen LogP contribution in [-0.4, -0.2) is 23.1 Å². The van der Waals surface area contributed by atoms with Crippen LogP contribution in [0.1, 0.15) is 46.4 Å². The molecule has 0 radical (unpaired) electrons. The fraction of sp³-hybridized carbons (Fsp3) is 0.200. The van der Waals surface area contributed by atoms with Crippen molar-refractivity contribution in [2.45, 2.75) is 31.8 Å². The van der Waals surface area contributed by atoms with Gasteiger partial charge in [0.25, 0.3) is 5.91 Å². The number of hydrogen-bond donors (Lipinski definition) is 2. The molecule has 3 aromatic rings. The lowest BCUT2D eigenvalue weighted by atomic mass is 10.0. The van der Waals surface area contributed by atoms with Crippen molar-refractivity contribution in [3.05, 3.63) is 82.6 Å². The topological polar surface area (TPSA) is 75.6 Å². The lowest BCUT2D eigenvalue weighted by molar-refractivity contribution is 0.0692. The lowest BCUT2D eigenvalue weighted by Crippen LogP contribution is -2.17. The molecule has 1 saturated carbocycles. The highest BCUT2D eigenvalue weighted by atomic mass is 35.5. The van der Waals surface area contributed by atoms with E-state index in [1.165, 1.54) is 30.3 Å². The summed E-state index contributed by atoms with van der Waals surface area (Å²) in [4.78, 5) is 24.0. The zero-order valence-corrected chi connectivity index (χ0v) is 17.9. The van der Waals surface area contributed by atoms with E-state index in [0.29, 0.717) is 11.3 Å². The number of nitrogens with one attached hydrogen (secondary N) is 1. The highest BCUT2D eigenvalue weighted by Crippen LogP contribution is 2.34. The Balaban J connectivity index is 1.58. The zero-order chi connectivity index (χ0) is 22.7. The number of rotatable bonds is 6. The number of halogens is 2. The Kier molecular flexibility index (Phi) is 6.42. The molecule has 4 rings (SSSR count). The van der Waals surface area contributed by atoms with Crippen molar-refractivity contribution in [3.63, 3.8) is 0 Å². The second-order valence-electron chi connectivity index (χ2n) is 7.67. The van der Waals surface area contributed by atoms with Gasteiger partial charge in [0, 0.05) is 0 Å². The first-order valence-electron chi connectivity index (χ1n) is 10.3. The van der Waals surface area contributed by atoms with Gasteiger partial charge in [0.1, 0.15) is 11.6 Å². The minimum atomic E-state index is -1.25. The van der Waals surface area contributed by atoms with E-state index >= 15 is 0 Å². The first kappa shape index (κ1) is 21.8. The molecule has 3 aromatic carbocycles. The van der Waals surface area contributed by atoms with Gasteiger partial charge in [-0.05, 0) is 73.2 Å². The van der Waals surface area contributed by atoms with Crippen LogP contribution in [0.4, 0.5) is 10.1 Å². The molecule has 0 aliphatic heterocycles. The van der Waals surface area contributed by atoms with Crippen LogP contribution in [0.15, 0.2) is 60.7 Å². The minimum Gasteiger partial charge on any atom is -0.490 e. The second kappa shape index (κ2) is 9.40. The molecule has 0 heterocycles. The van der Waals surface area contributed by atoms with Gasteiger partial charge in [0.15, 0.2) is 0 Å². The van der Waals surface area contributed by atoms with E-state index in [-0.39, 0.29) is 27.9 Å². The Hall–Kier alpha value is -3.38. The summed E-state index contributed by atoms with van der Waals surface area (Å²) in [7, 11) is 0. The largest absolute Gasteiger partial charge is 0.490 e. The summed E-state index contributed by atoms with van der Waals surface area (Å²) in [5.74, 6) is -2.02. The van der Waals surface area contributed by atoms with E-state index in [4.69, 9.17) is 16.3 Å². The first-order chi connectivity index (χ1) is 15.4. The van der Waals surface area contributed by atoms with Crippen LogP contribution in [0.3, 0.4) is 0 Å². The number of carbonyl (C=O) groups excluding carboxylic acids is 1. The molecule has 0 saturated heterocycles. The third-order valence-corrected chi connectivity index (χ3v) is 5.75. The molecule has 164 valence electrons. The maximum absolute atomic E-state index is 14.9. The average molecular weight is 454 g/mol. The van der Waals surface area contributed by atoms with Gasteiger partial charge in [-0.2, -0.15) is 0 Å². The molecule has 0 atom stereocenters. The Bertz CT molecular complexity index is 1150. The van der Waals surface area contributed by atoms with Crippen LogP contribution in [0.25, 0.3) is 11.1 Å². The number of amides is 1. The van der Waals surface area contributed by atoms with E-state index in [9.17, 15) is 19.1 Å². The standard InChI is InChI=1S/C25H21ClFNO4/c26-21-13-16(15-6-5-9-18(12-15)32-17-7-1-2-8-17)14-22(27)23(21)28-24(29)19-10-3-4-11-20(19)25(30)31/h3-6,9-14,17H,1-2,7-8H2,(H,28,29)(H,30,31). The molecule has 0 aromatic heterocycles. The third kappa shape index (κ3) is 4.75. The van der Waals surface area contributed by atoms with Crippen molar-refractivity contribution in [3.8, 4) is 16.9 Å². The summed E-state index contributed by atoms with van der Waals surface area (Å²) in [5, 5.41) is 11.7. The van der Waals surface area contributed by atoms with Crippen molar-refractivity contribution in [2.75, 3.05) is 5.32 Å². The fourth-order valence-corrected chi connectivity index (χ4v) is 4.11. The Morgan fingerprint density at radius 2 is 1.69 bits per heavy atom. The highest BCUT2D eigenvalue weighted by molar-refractivity contribution is 6.34. The molecule has 1 aliphatic rings. The number of carboxylic acids is 1. The number of carbonyl (C=O) groups is 2. The van der Waals surface area contributed by atoms with E-state index < -0.39 is 17.7 Å². The minimum absolute atomic E-state index is 0.00303. The fourth-order valence-electron chi connectivity index (χ4n) is 3.86. The molecular weight excluding hydrogens is 433 g/mol. The predicted molar refractivity (Wildman–Crippen MR) is 121 cm³/mol. The molecule has 0 bridgehead atoms. The van der Waals surface area contributed by atoms with Gasteiger partial charge in [-0.3, -0.25) is 4.79 Å². The Labute approximate surface area is 189 Å². The monoisotopic (exact) mass is 453 g/mol. The summed E-state index contributed by atoms with van der Waals surface area (Å²) in [6.07, 6.45) is 4.59. The summed E-state index contributed by atoms with van der Waals surface area (Å²) >= 11 is 6.29. The molecule has 0 spiro atoms. The SMILES string of the molecule is O=C(O)c1ccccc1C(=O)Nc1c(F)cc(-c2cccc(OC3CCCC3)c2)cc1Cl. The van der Waals surface area contributed by atoms with Crippen LogP contribution in [0, 0.1) is 5.82 Å². The molecule has 1 aliphatic carbocycles. The van der Waals surface area contributed by atoms with Gasteiger partial charge in [0.2, 0.25) is 0 Å². The zero-order valence-electron chi connectivity index (χ0n) is 17.1. The summed E-state index contributed by atoms with van der Waals surface area (Å²) in [6, 6.07) is 15.9. The number of benzene rings is 3. The van der Waals surface area contributed by atoms with Gasteiger partial charge in [-0.15, -0.1) is 0 Å². The van der Waals surface area contributed by atoms with E-state index in [1.54, 1.807) is 6.07 Å². The normalized spacial score (nSPS) is 13.7. The van der Waals surface area contributed by atoms with Crippen molar-refractivity contribution in [1.29, 1.82) is 0 Å². The van der Waals surface area contributed by atoms with E-state index in [1.807, 2.05) is 24.3 Å². The molecule has 1 amide bonds. The number of hydrogen-bond acceptors (Lipinski definition) is 3. The van der Waals surface area contributed by atoms with Crippen molar-refractivity contribution in [1.82, 2.24) is 0 Å². The second-order valence-corrected chi connectivity index (χ2v) is 8.08. The molecule has 2 N–H and O–H groups in total. The van der Waals surface area contributed by atoms with Crippen molar-refractivity contribution in [2.24, 2.45) is 0 Å². The maximum atomic E-state index is 14.9. The quantitative estimate of drug-likeness (QED) is 0.451. The van der Waals surface area contributed by atoms with Gasteiger partial charge >= 0.3 is 5.97 Å². The number of ether oxygens (including phenoxy) is 1. The maximum Gasteiger partial charge on any atom is 0.336 e. The van der Waals surface area contributed by atoms with Crippen LogP contribution in [-0.2, 0) is 0 Å². The van der Waals surface area contributed by atoms with E-state index in [2.05, 4.69) is 5.32 Å². The summed E-state index contributed by atoms with van der Waals surface area (Å²) in [6.45, 7) is 0. The third-order valence-electron chi connectivity index (χ3n) is 5.46. The molecule has 32 heavy (non-hydrogen) atoms. The Morgan fingerprint density at radius 1 is 0.969 bits per heavy atom. The highest BCUT2D eigenvalue weighted by Gasteiger charge is 2.20. The van der Waals surface area contributed by atoms with Crippen LogP contribution < -0.4 is 10.1 Å². The summed E-state index contributed by atoms with van der Waals surface area (Å²) < 4.78 is 20.9. The molecule has 7 heteroatoms. The average Bonchev–Trinajstić information content (AvgIpc) is 3.29. The van der Waals surface area contributed by atoms with Gasteiger partial charge in [-0.1, -0.05) is 35.9 Å². The van der Waals surface area contributed by atoms with E-state index in [0.717, 1.165) is 31.2 Å². The van der Waals surface area contributed by atoms with Crippen LogP contribution >= 0.6 is 11.6 Å². The van der Waals surface area contributed by atoms with Crippen molar-refractivity contribution >= 4 is 29.2 Å². The number of aromatic carboxylic acids is 1. The first-order valence-corrected chi connectivity index (χ1v) is 10.7. The molecule has 1 fully saturated rings. The number of anilines is 1. The summed E-state index contributed by atoms with van der Waals surface area (Å²) in [5.41, 5.74) is 0.788. The molecule has 5 nitrogen and oxygen atoms in total. The predicted octanol–water partition coefficient (Wildman–Crippen LogP) is 6.42. The number of carboxylic acid groups (broad SMARTS) is 1.